The molecule has 2 fully saturated rings. The number of aromatic nitrogens is 5. The Bertz CT molecular complexity index is 2030. The van der Waals surface area contributed by atoms with E-state index >= 15 is 0 Å². The summed E-state index contributed by atoms with van der Waals surface area (Å²) in [5.74, 6) is -7.51. The standard InChI is InChI=1S/C23H28F2N6O4S/c1-2-7-36-23-27-21(26-15-9-12(15)11-3-4-13(24)14(25)8-11)18-22(28-23)31(30-29-18)16-10-17(35-6-5-32)20(34)19(16)33/h3-4,8,12,15-17,19-20,32-34H,2,5-7,9-10H2,1H3,(H,26,27,28)/t12?,15-,16+,17-,19-,20+/m0/s1/i3D,4D,5D2,6D2,7D2,8D,9D,10D2,12D,15D,16D,17D,19D,20D/t9?,12?,15-,16+,17-,19-,20+. The minimum absolute atomic E-state index is 0.114. The van der Waals surface area contributed by atoms with E-state index in [9.17, 15) is 24.1 Å². The van der Waals surface area contributed by atoms with Crippen molar-refractivity contribution in [2.24, 2.45) is 0 Å². The molecule has 13 heteroatoms. The van der Waals surface area contributed by atoms with Crippen molar-refractivity contribution in [1.82, 2.24) is 25.0 Å². The Labute approximate surface area is 235 Å². The van der Waals surface area contributed by atoms with Gasteiger partial charge < -0.3 is 25.4 Å². The lowest BCUT2D eigenvalue weighted by Crippen LogP contribution is -2.33. The molecule has 2 saturated carbocycles. The van der Waals surface area contributed by atoms with Crippen molar-refractivity contribution in [3.63, 3.8) is 0 Å². The number of aliphatic hydroxyl groups is 3. The second kappa shape index (κ2) is 10.5. The van der Waals surface area contributed by atoms with E-state index in [0.717, 1.165) is 0 Å². The van der Waals surface area contributed by atoms with Crippen LogP contribution in [0.2, 0.25) is 0 Å². The summed E-state index contributed by atoms with van der Waals surface area (Å²) in [7, 11) is 0. The maximum Gasteiger partial charge on any atom is 0.191 e. The summed E-state index contributed by atoms with van der Waals surface area (Å²) < 4.78 is 181. The molecule has 0 radical (unpaired) electrons. The number of halogens is 2. The van der Waals surface area contributed by atoms with Crippen LogP contribution in [0.4, 0.5) is 14.6 Å². The van der Waals surface area contributed by atoms with Crippen molar-refractivity contribution < 1.29 is 53.5 Å². The molecule has 10 nitrogen and oxygen atoms in total. The van der Waals surface area contributed by atoms with Gasteiger partial charge in [-0.3, -0.25) is 0 Å². The number of nitrogens with zero attached hydrogens (tertiary/aromatic N) is 5. The Morgan fingerprint density at radius 2 is 2.17 bits per heavy atom. The fourth-order valence-electron chi connectivity index (χ4n) is 3.01. The maximum atomic E-state index is 14.6. The molecule has 4 N–H and O–H groups in total. The molecule has 2 aliphatic carbocycles. The second-order valence-corrected chi connectivity index (χ2v) is 7.78. The molecule has 0 amide bonds. The average Bonchev–Trinajstić information content (AvgIpc) is 3.30. The van der Waals surface area contributed by atoms with Crippen molar-refractivity contribution in [3.8, 4) is 0 Å². The van der Waals surface area contributed by atoms with Crippen LogP contribution in [0.25, 0.3) is 11.2 Å². The van der Waals surface area contributed by atoms with Crippen LogP contribution in [0.3, 0.4) is 0 Å². The fourth-order valence-corrected chi connectivity index (χ4v) is 3.55. The summed E-state index contributed by atoms with van der Waals surface area (Å²) >= 11 is 0.232. The molecule has 0 spiro atoms. The summed E-state index contributed by atoms with van der Waals surface area (Å²) in [6.45, 7) is -6.87. The highest BCUT2D eigenvalue weighted by Gasteiger charge is 2.45. The number of ether oxygens (including phenoxy) is 1. The number of rotatable bonds is 10. The van der Waals surface area contributed by atoms with Crippen LogP contribution in [0.15, 0.2) is 23.3 Å². The molecule has 194 valence electrons. The molecule has 2 aromatic heterocycles. The molecule has 1 aromatic carbocycles. The van der Waals surface area contributed by atoms with Gasteiger partial charge in [-0.15, -0.1) is 5.10 Å². The smallest absolute Gasteiger partial charge is 0.191 e. The maximum absolute atomic E-state index is 14.6. The number of hydrogen-bond donors (Lipinski definition) is 4. The predicted octanol–water partition coefficient (Wildman–Crippen LogP) is 2.01. The molecule has 36 heavy (non-hydrogen) atoms. The van der Waals surface area contributed by atoms with Gasteiger partial charge in [0.2, 0.25) is 0 Å². The number of nitrogens with one attached hydrogen (secondary N) is 1. The van der Waals surface area contributed by atoms with Gasteiger partial charge in [0.25, 0.3) is 0 Å². The molecule has 0 bridgehead atoms. The van der Waals surface area contributed by atoms with E-state index in [1.165, 1.54) is 6.92 Å². The summed E-state index contributed by atoms with van der Waals surface area (Å²) in [5.41, 5.74) is -5.12. The van der Waals surface area contributed by atoms with Gasteiger partial charge in [0.1, 0.15) is 12.2 Å². The van der Waals surface area contributed by atoms with Crippen LogP contribution < -0.4 is 5.32 Å². The summed E-state index contributed by atoms with van der Waals surface area (Å²) in [6.07, 6.45) is -19.9. The SMILES string of the molecule is [2H]c1c([2H])c(C2([2H])C([2H])[C@]2([2H])Nc2nc(SC([2H])([2H])CC)nc3c2nnn3[C@]2([2H])C([2H])([2H])[C@]([2H])(OC([2H])([2H])C([2H])([2H])O)[C@@]([2H])(O)[C@@]2([2H])O)c([2H])c(F)c1F. The Kier molecular flexibility index (Phi) is 3.36. The molecule has 2 aliphatic rings. The van der Waals surface area contributed by atoms with Crippen LogP contribution in [-0.4, -0.2) is 83.4 Å². The first kappa shape index (κ1) is 11.5. The Morgan fingerprint density at radius 1 is 1.33 bits per heavy atom. The third kappa shape index (κ3) is 4.90. The number of benzene rings is 1. The first-order valence-electron chi connectivity index (χ1n) is 19.0. The second-order valence-electron chi connectivity index (χ2n) is 6.92. The van der Waals surface area contributed by atoms with E-state index in [4.69, 9.17) is 24.7 Å². The largest absolute Gasteiger partial charge is 0.394 e. The molecule has 2 heterocycles. The number of fused-ring (bicyclic) bond motifs is 1. The minimum Gasteiger partial charge on any atom is -0.394 e. The van der Waals surface area contributed by atoms with Crippen LogP contribution in [0.5, 0.6) is 0 Å². The lowest BCUT2D eigenvalue weighted by atomic mass is 10.1. The van der Waals surface area contributed by atoms with E-state index in [2.05, 4.69) is 30.3 Å². The monoisotopic (exact) mass is 540 g/mol. The fraction of sp³-hybridized carbons (Fsp3) is 0.565. The van der Waals surface area contributed by atoms with Crippen LogP contribution in [0, 0.1) is 11.6 Å². The van der Waals surface area contributed by atoms with Gasteiger partial charge in [-0.05, 0) is 30.5 Å². The molecule has 7 atom stereocenters. The van der Waals surface area contributed by atoms with E-state index in [0.29, 0.717) is 0 Å². The number of hydrogen-bond acceptors (Lipinski definition) is 10. The Balaban J connectivity index is 1.76. The first-order chi connectivity index (χ1) is 24.1. The lowest BCUT2D eigenvalue weighted by Gasteiger charge is -2.17. The van der Waals surface area contributed by atoms with E-state index in [1.807, 2.05) is 0 Å². The van der Waals surface area contributed by atoms with Crippen molar-refractivity contribution in [1.29, 1.82) is 0 Å². The van der Waals surface area contributed by atoms with Gasteiger partial charge in [0.05, 0.1) is 41.7 Å². The molecule has 5 rings (SSSR count). The average molecular weight is 541 g/mol. The quantitative estimate of drug-likeness (QED) is 0.223. The van der Waals surface area contributed by atoms with Crippen LogP contribution in [-0.2, 0) is 4.74 Å². The van der Waals surface area contributed by atoms with Gasteiger partial charge in [0.15, 0.2) is 33.8 Å². The normalized spacial score (nSPS) is 51.8. The third-order valence-electron chi connectivity index (χ3n) is 4.64. The Hall–Kier alpha value is -2.45. The molecule has 2 unspecified atom stereocenters. The first-order valence-corrected chi connectivity index (χ1v) is 10.8. The van der Waals surface area contributed by atoms with Crippen LogP contribution in [0.1, 0.15) is 68.3 Å². The minimum atomic E-state index is -4.47. The van der Waals surface area contributed by atoms with E-state index < -0.39 is 125 Å². The molecular weight excluding hydrogens is 494 g/mol. The molecule has 3 aromatic rings. The third-order valence-corrected chi connectivity index (χ3v) is 5.43. The number of thioether (sulfide) groups is 1. The molecular formula is C23H28F2N6O4S. The van der Waals surface area contributed by atoms with E-state index in [-0.39, 0.29) is 22.9 Å². The Morgan fingerprint density at radius 3 is 2.94 bits per heavy atom. The van der Waals surface area contributed by atoms with Gasteiger partial charge in [-0.25, -0.2) is 23.4 Å². The van der Waals surface area contributed by atoms with Gasteiger partial charge in [-0.1, -0.05) is 29.9 Å². The number of anilines is 1. The summed E-state index contributed by atoms with van der Waals surface area (Å²) in [4.78, 5) is 7.98. The zero-order valence-electron chi connectivity index (χ0n) is 35.9. The van der Waals surface area contributed by atoms with Crippen molar-refractivity contribution >= 4 is 28.7 Å². The predicted molar refractivity (Wildman–Crippen MR) is 128 cm³/mol. The van der Waals surface area contributed by atoms with E-state index in [1.54, 1.807) is 0 Å². The zero-order chi connectivity index (χ0) is 41.6. The molecule has 0 aliphatic heterocycles. The highest BCUT2D eigenvalue weighted by molar-refractivity contribution is 7.99. The van der Waals surface area contributed by atoms with Gasteiger partial charge in [0, 0.05) is 32.2 Å². The summed E-state index contributed by atoms with van der Waals surface area (Å²) in [5, 5.41) is 40.7. The lowest BCUT2D eigenvalue weighted by molar-refractivity contribution is -0.0629. The zero-order valence-corrected chi connectivity index (χ0v) is 18.8. The highest BCUT2D eigenvalue weighted by Crippen LogP contribution is 2.44. The van der Waals surface area contributed by atoms with Crippen molar-refractivity contribution in [2.75, 3.05) is 24.1 Å². The van der Waals surface area contributed by atoms with Gasteiger partial charge in [-0.2, -0.15) is 0 Å². The van der Waals surface area contributed by atoms with Crippen molar-refractivity contribution in [3.05, 3.63) is 35.3 Å². The summed E-state index contributed by atoms with van der Waals surface area (Å²) in [6, 6.07) is -10.9. The molecule has 0 saturated heterocycles. The van der Waals surface area contributed by atoms with Crippen LogP contribution >= 0.6 is 11.8 Å². The highest BCUT2D eigenvalue weighted by atomic mass is 32.2. The van der Waals surface area contributed by atoms with Gasteiger partial charge >= 0.3 is 0 Å². The topological polar surface area (TPSA) is 138 Å². The van der Waals surface area contributed by atoms with Crippen molar-refractivity contribution in [2.45, 2.75) is 67.4 Å².